The maximum absolute atomic E-state index is 13.5. The third kappa shape index (κ3) is 56.7. The summed E-state index contributed by atoms with van der Waals surface area (Å²) in [6.45, 7) is 6.52. The summed E-state index contributed by atoms with van der Waals surface area (Å²) < 4.78 is 30.2. The number of rotatable bonds is 53. The third-order valence-electron chi connectivity index (χ3n) is 12.6. The first-order valence-corrected chi connectivity index (χ1v) is 32.0. The van der Waals surface area contributed by atoms with Gasteiger partial charge in [-0.1, -0.05) is 238 Å². The second-order valence-corrected chi connectivity index (χ2v) is 22.5. The lowest BCUT2D eigenvalue weighted by Crippen LogP contribution is -2.47. The highest BCUT2D eigenvalue weighted by Gasteiger charge is 2.27. The first-order chi connectivity index (χ1) is 37.4. The molecular weight excluding hydrogens is 976 g/mol. The van der Waals surface area contributed by atoms with Gasteiger partial charge in [0.05, 0.1) is 33.8 Å². The zero-order chi connectivity index (χ0) is 56.4. The summed E-state index contributed by atoms with van der Waals surface area (Å²) in [5, 5.41) is 2.97. The molecule has 0 aliphatic heterocycles. The van der Waals surface area contributed by atoms with Gasteiger partial charge in [0.25, 0.3) is 7.82 Å². The lowest BCUT2D eigenvalue weighted by Gasteiger charge is -2.30. The van der Waals surface area contributed by atoms with Gasteiger partial charge in [-0.2, -0.15) is 0 Å². The molecule has 0 saturated carbocycles. The highest BCUT2D eigenvalue weighted by atomic mass is 31.2. The molecule has 1 amide bonds. The Kier molecular flexibility index (Phi) is 52.7. The van der Waals surface area contributed by atoms with E-state index in [1.165, 1.54) is 70.6 Å². The predicted molar refractivity (Wildman–Crippen MR) is 330 cm³/mol. The number of allylic oxidation sites excluding steroid dienone is 21. The van der Waals surface area contributed by atoms with E-state index in [0.29, 0.717) is 23.9 Å². The van der Waals surface area contributed by atoms with Gasteiger partial charge in [0.2, 0.25) is 5.91 Å². The van der Waals surface area contributed by atoms with E-state index in [1.807, 2.05) is 39.4 Å². The standard InChI is InChI=1S/C67H113N2O7P/c1-7-10-13-16-19-22-25-28-30-32-33-34-35-36-37-38-40-42-45-48-51-54-57-60-67(71)76-65(58-55-52-49-46-43-27-24-21-18-15-12-9-3)64(63-75-77(72,73)74-62-61-69(4,5)6)68-66(70)59-56-53-50-47-44-41-39-31-29-26-23-20-17-14-11-8-2/h10-11,13-14,19-20,22-23,28-31,33-34,36-37,41,44,50,53,55,58,64-65H,7-9,12,15-18,21,24-27,32,35,38-40,42-43,45-49,51-52,54,56-57,59-63H2,1-6H3,(H-,68,70,72,73)/b13-10-,14-11+,22-19-,23-20+,30-28-,31-29+,34-33-,37-36-,44-41+,53-50+,58-55-. The molecule has 0 bridgehead atoms. The van der Waals surface area contributed by atoms with Crippen LogP contribution in [0.3, 0.4) is 0 Å². The molecule has 0 aromatic rings. The molecule has 0 aliphatic carbocycles. The van der Waals surface area contributed by atoms with Crippen LogP contribution in [0.5, 0.6) is 0 Å². The molecule has 0 saturated heterocycles. The van der Waals surface area contributed by atoms with Gasteiger partial charge < -0.3 is 28.5 Å². The molecule has 0 rings (SSSR count). The molecule has 0 heterocycles. The van der Waals surface area contributed by atoms with Crippen LogP contribution in [0.15, 0.2) is 134 Å². The minimum absolute atomic E-state index is 0.0448. The molecule has 1 N–H and O–H groups in total. The van der Waals surface area contributed by atoms with Crippen molar-refractivity contribution in [2.75, 3.05) is 40.9 Å². The Balaban J connectivity index is 5.36. The van der Waals surface area contributed by atoms with E-state index in [2.05, 4.69) is 135 Å². The molecule has 0 spiro atoms. The second-order valence-electron chi connectivity index (χ2n) is 21.1. The minimum Gasteiger partial charge on any atom is -0.756 e. The quantitative estimate of drug-likeness (QED) is 0.0212. The Hall–Kier alpha value is -3.85. The van der Waals surface area contributed by atoms with Crippen molar-refractivity contribution in [3.05, 3.63) is 134 Å². The number of quaternary nitrogens is 1. The Labute approximate surface area is 473 Å². The zero-order valence-electron chi connectivity index (χ0n) is 49.9. The summed E-state index contributed by atoms with van der Waals surface area (Å²) in [4.78, 5) is 39.9. The van der Waals surface area contributed by atoms with E-state index >= 15 is 0 Å². The number of amides is 1. The molecular formula is C67H113N2O7P. The van der Waals surface area contributed by atoms with Crippen LogP contribution in [0, 0.1) is 0 Å². The van der Waals surface area contributed by atoms with Crippen LogP contribution in [0.25, 0.3) is 0 Å². The fourth-order valence-corrected chi connectivity index (χ4v) is 8.67. The molecule has 3 unspecified atom stereocenters. The fraction of sp³-hybridized carbons (Fsp3) is 0.642. The molecule has 438 valence electrons. The van der Waals surface area contributed by atoms with Crippen molar-refractivity contribution in [1.29, 1.82) is 0 Å². The average molecular weight is 1090 g/mol. The SMILES string of the molecule is CC/C=C\C/C=C\C/C=C\C/C=C\C/C=C\CCCCCCCCCC(=O)OC(/C=C\CCCCCCCCCCCC)C(COP(=O)([O-])OCC[N+](C)(C)C)NC(=O)CC/C=C/C/C=C/C/C=C/C/C=C/C/C=C/CC. The van der Waals surface area contributed by atoms with Gasteiger partial charge in [-0.05, 0) is 109 Å². The number of carbonyl (C=O) groups excluding carboxylic acids is 2. The largest absolute Gasteiger partial charge is 0.756 e. The maximum atomic E-state index is 13.5. The monoisotopic (exact) mass is 1090 g/mol. The summed E-state index contributed by atoms with van der Waals surface area (Å²) >= 11 is 0. The second kappa shape index (κ2) is 55.5. The summed E-state index contributed by atoms with van der Waals surface area (Å²) in [5.74, 6) is -0.661. The van der Waals surface area contributed by atoms with Gasteiger partial charge in [0, 0.05) is 12.8 Å². The molecule has 0 aliphatic rings. The van der Waals surface area contributed by atoms with Gasteiger partial charge in [-0.25, -0.2) is 0 Å². The highest BCUT2D eigenvalue weighted by Crippen LogP contribution is 2.38. The van der Waals surface area contributed by atoms with E-state index in [0.717, 1.165) is 109 Å². The third-order valence-corrected chi connectivity index (χ3v) is 13.6. The van der Waals surface area contributed by atoms with Crippen LogP contribution in [0.2, 0.25) is 0 Å². The average Bonchev–Trinajstić information content (AvgIpc) is 3.39. The Morgan fingerprint density at radius 3 is 1.27 bits per heavy atom. The van der Waals surface area contributed by atoms with E-state index < -0.39 is 26.6 Å². The number of nitrogens with one attached hydrogen (secondary N) is 1. The van der Waals surface area contributed by atoms with Crippen molar-refractivity contribution in [2.24, 2.45) is 0 Å². The van der Waals surface area contributed by atoms with Crippen LogP contribution in [-0.2, 0) is 27.9 Å². The van der Waals surface area contributed by atoms with Gasteiger partial charge in [-0.15, -0.1) is 0 Å². The Morgan fingerprint density at radius 1 is 0.468 bits per heavy atom. The van der Waals surface area contributed by atoms with Crippen LogP contribution < -0.4 is 10.2 Å². The molecule has 3 atom stereocenters. The number of carbonyl (C=O) groups is 2. The number of ether oxygens (including phenoxy) is 1. The number of hydrogen-bond acceptors (Lipinski definition) is 7. The lowest BCUT2D eigenvalue weighted by atomic mass is 10.1. The van der Waals surface area contributed by atoms with E-state index in [-0.39, 0.29) is 31.3 Å². The number of phosphoric acid groups is 1. The van der Waals surface area contributed by atoms with E-state index in [1.54, 1.807) is 6.08 Å². The van der Waals surface area contributed by atoms with Crippen LogP contribution >= 0.6 is 7.82 Å². The number of nitrogens with zero attached hydrogens (tertiary/aromatic N) is 1. The summed E-state index contributed by atoms with van der Waals surface area (Å²) in [6, 6.07) is -0.942. The molecule has 9 nitrogen and oxygen atoms in total. The molecule has 10 heteroatoms. The lowest BCUT2D eigenvalue weighted by molar-refractivity contribution is -0.870. The van der Waals surface area contributed by atoms with Crippen molar-refractivity contribution in [1.82, 2.24) is 5.32 Å². The van der Waals surface area contributed by atoms with Gasteiger partial charge in [0.15, 0.2) is 0 Å². The number of unbranched alkanes of at least 4 members (excludes halogenated alkanes) is 17. The number of phosphoric ester groups is 1. The molecule has 77 heavy (non-hydrogen) atoms. The Morgan fingerprint density at radius 2 is 0.844 bits per heavy atom. The van der Waals surface area contributed by atoms with Crippen LogP contribution in [-0.4, -0.2) is 69.4 Å². The highest BCUT2D eigenvalue weighted by molar-refractivity contribution is 7.45. The maximum Gasteiger partial charge on any atom is 0.306 e. The van der Waals surface area contributed by atoms with Crippen molar-refractivity contribution < 1.29 is 37.3 Å². The summed E-state index contributed by atoms with van der Waals surface area (Å²) in [7, 11) is 1.11. The smallest absolute Gasteiger partial charge is 0.306 e. The first-order valence-electron chi connectivity index (χ1n) is 30.5. The van der Waals surface area contributed by atoms with Crippen molar-refractivity contribution in [3.8, 4) is 0 Å². The van der Waals surface area contributed by atoms with E-state index in [9.17, 15) is 19.0 Å². The molecule has 0 aromatic carbocycles. The number of hydrogen-bond donors (Lipinski definition) is 1. The Bertz CT molecular complexity index is 1780. The van der Waals surface area contributed by atoms with Crippen molar-refractivity contribution >= 4 is 19.7 Å². The first kappa shape index (κ1) is 73.2. The number of esters is 1. The normalized spacial score (nSPS) is 14.6. The fourth-order valence-electron chi connectivity index (χ4n) is 7.95. The van der Waals surface area contributed by atoms with Gasteiger partial charge >= 0.3 is 5.97 Å². The van der Waals surface area contributed by atoms with Crippen LogP contribution in [0.1, 0.15) is 226 Å². The molecule has 0 fully saturated rings. The number of likely N-dealkylation sites (N-methyl/N-ethyl adjacent to an activating group) is 1. The van der Waals surface area contributed by atoms with Crippen molar-refractivity contribution in [2.45, 2.75) is 238 Å². The summed E-state index contributed by atoms with van der Waals surface area (Å²) in [5.41, 5.74) is 0. The van der Waals surface area contributed by atoms with Crippen molar-refractivity contribution in [3.63, 3.8) is 0 Å². The van der Waals surface area contributed by atoms with Crippen LogP contribution in [0.4, 0.5) is 0 Å². The van der Waals surface area contributed by atoms with Gasteiger partial charge in [-0.3, -0.25) is 14.2 Å². The topological polar surface area (TPSA) is 114 Å². The van der Waals surface area contributed by atoms with Gasteiger partial charge in [0.1, 0.15) is 19.3 Å². The molecule has 0 radical (unpaired) electrons. The zero-order valence-corrected chi connectivity index (χ0v) is 50.8. The summed E-state index contributed by atoms with van der Waals surface area (Å²) in [6.07, 6.45) is 78.7. The minimum atomic E-state index is -4.73. The van der Waals surface area contributed by atoms with E-state index in [4.69, 9.17) is 13.8 Å². The predicted octanol–water partition coefficient (Wildman–Crippen LogP) is 18.3. The molecule has 0 aromatic heterocycles.